The molecule has 84 valence electrons. The monoisotopic (exact) mass is 215 g/mol. The van der Waals surface area contributed by atoms with Crippen LogP contribution in [0, 0.1) is 0 Å². The molecule has 0 bridgehead atoms. The van der Waals surface area contributed by atoms with Crippen LogP contribution in [-0.4, -0.2) is 6.61 Å². The van der Waals surface area contributed by atoms with Gasteiger partial charge in [-0.25, -0.2) is 0 Å². The fourth-order valence-corrected chi connectivity index (χ4v) is 0.649. The fraction of sp³-hybridized carbons (Fsp3) is 0.273. The number of ether oxygens (including phenoxy) is 1. The predicted molar refractivity (Wildman–Crippen MR) is 58.0 cm³/mol. The Labute approximate surface area is 88.4 Å². The molecule has 0 aliphatic carbocycles. The van der Waals surface area contributed by atoms with Gasteiger partial charge in [0.2, 0.25) is 0 Å². The van der Waals surface area contributed by atoms with Crippen LogP contribution < -0.4 is 10.5 Å². The summed E-state index contributed by atoms with van der Waals surface area (Å²) in [5, 5.41) is 0. The van der Waals surface area contributed by atoms with E-state index in [1.807, 2.05) is 26.0 Å². The summed E-state index contributed by atoms with van der Waals surface area (Å²) in [6.45, 7) is 1.22. The standard InChI is InChI=1S/C7H7F2NO.C4H8/c8-7(9)11-6-3-1-5(10)2-4-6;1-3-4-2/h1-4,7H,10H2;3-4H,1-2H3/b;4-3-. The van der Waals surface area contributed by atoms with Gasteiger partial charge in [0.25, 0.3) is 0 Å². The molecule has 4 heteroatoms. The number of halogens is 2. The number of alkyl halides is 2. The summed E-state index contributed by atoms with van der Waals surface area (Å²) in [4.78, 5) is 0. The second-order valence-electron chi connectivity index (χ2n) is 2.61. The van der Waals surface area contributed by atoms with E-state index in [2.05, 4.69) is 4.74 Å². The van der Waals surface area contributed by atoms with Gasteiger partial charge in [-0.2, -0.15) is 8.78 Å². The molecule has 0 atom stereocenters. The number of benzene rings is 1. The van der Waals surface area contributed by atoms with Crippen LogP contribution in [0.2, 0.25) is 0 Å². The third kappa shape index (κ3) is 7.49. The molecule has 0 spiro atoms. The van der Waals surface area contributed by atoms with Gasteiger partial charge in [-0.05, 0) is 38.1 Å². The van der Waals surface area contributed by atoms with Crippen LogP contribution in [0.15, 0.2) is 36.4 Å². The molecule has 0 fully saturated rings. The van der Waals surface area contributed by atoms with E-state index in [-0.39, 0.29) is 5.75 Å². The first kappa shape index (κ1) is 13.4. The van der Waals surface area contributed by atoms with Gasteiger partial charge in [0, 0.05) is 5.69 Å². The van der Waals surface area contributed by atoms with Crippen molar-refractivity contribution in [3.8, 4) is 5.75 Å². The summed E-state index contributed by atoms with van der Waals surface area (Å²) in [5.41, 5.74) is 5.83. The van der Waals surface area contributed by atoms with Gasteiger partial charge < -0.3 is 10.5 Å². The van der Waals surface area contributed by atoms with E-state index < -0.39 is 6.61 Å². The number of allylic oxidation sites excluding steroid dienone is 2. The predicted octanol–water partition coefficient (Wildman–Crippen LogP) is 3.45. The van der Waals surface area contributed by atoms with Crippen molar-refractivity contribution in [3.63, 3.8) is 0 Å². The minimum atomic E-state index is -2.78. The van der Waals surface area contributed by atoms with Crippen molar-refractivity contribution in [3.05, 3.63) is 36.4 Å². The zero-order valence-corrected chi connectivity index (χ0v) is 8.78. The van der Waals surface area contributed by atoms with E-state index in [0.29, 0.717) is 5.69 Å². The second kappa shape index (κ2) is 7.79. The van der Waals surface area contributed by atoms with Crippen molar-refractivity contribution < 1.29 is 13.5 Å². The van der Waals surface area contributed by atoms with Crippen molar-refractivity contribution in [2.75, 3.05) is 5.73 Å². The first-order valence-electron chi connectivity index (χ1n) is 4.47. The molecule has 1 aromatic carbocycles. The molecule has 1 aromatic rings. The number of hydrogen-bond acceptors (Lipinski definition) is 2. The van der Waals surface area contributed by atoms with Gasteiger partial charge >= 0.3 is 6.61 Å². The Morgan fingerprint density at radius 2 is 1.60 bits per heavy atom. The lowest BCUT2D eigenvalue weighted by molar-refractivity contribution is -0.0498. The first-order valence-corrected chi connectivity index (χ1v) is 4.47. The number of rotatable bonds is 2. The van der Waals surface area contributed by atoms with Crippen molar-refractivity contribution >= 4 is 5.69 Å². The van der Waals surface area contributed by atoms with Gasteiger partial charge in [0.1, 0.15) is 5.75 Å². The molecule has 15 heavy (non-hydrogen) atoms. The van der Waals surface area contributed by atoms with Gasteiger partial charge in [-0.3, -0.25) is 0 Å². The maximum Gasteiger partial charge on any atom is 0.387 e. The Bertz CT molecular complexity index is 279. The van der Waals surface area contributed by atoms with Crippen molar-refractivity contribution in [2.45, 2.75) is 20.5 Å². The van der Waals surface area contributed by atoms with Crippen molar-refractivity contribution in [2.24, 2.45) is 0 Å². The lowest BCUT2D eigenvalue weighted by Gasteiger charge is -2.02. The fourth-order valence-electron chi connectivity index (χ4n) is 0.649. The van der Waals surface area contributed by atoms with Gasteiger partial charge in [0.05, 0.1) is 0 Å². The van der Waals surface area contributed by atoms with Gasteiger partial charge in [0.15, 0.2) is 0 Å². The van der Waals surface area contributed by atoms with Gasteiger partial charge in [-0.1, -0.05) is 12.2 Å². The molecule has 0 aliphatic rings. The largest absolute Gasteiger partial charge is 0.435 e. The number of hydrogen-bond donors (Lipinski definition) is 1. The zero-order valence-electron chi connectivity index (χ0n) is 8.78. The summed E-state index contributed by atoms with van der Waals surface area (Å²) in [5.74, 6) is 0.120. The van der Waals surface area contributed by atoms with E-state index in [1.165, 1.54) is 24.3 Å². The maximum atomic E-state index is 11.6. The minimum Gasteiger partial charge on any atom is -0.435 e. The summed E-state index contributed by atoms with van der Waals surface area (Å²) in [6, 6.07) is 5.78. The molecule has 1 rings (SSSR count). The van der Waals surface area contributed by atoms with E-state index in [4.69, 9.17) is 5.73 Å². The highest BCUT2D eigenvalue weighted by Gasteiger charge is 2.02. The number of nitrogen functional groups attached to an aromatic ring is 1. The third-order valence-electron chi connectivity index (χ3n) is 1.44. The Morgan fingerprint density at radius 1 is 1.13 bits per heavy atom. The topological polar surface area (TPSA) is 35.2 Å². The summed E-state index contributed by atoms with van der Waals surface area (Å²) >= 11 is 0. The molecular formula is C11H15F2NO. The molecule has 0 saturated heterocycles. The van der Waals surface area contributed by atoms with Crippen LogP contribution in [0.1, 0.15) is 13.8 Å². The van der Waals surface area contributed by atoms with Crippen LogP contribution in [-0.2, 0) is 0 Å². The molecule has 0 saturated carbocycles. The lowest BCUT2D eigenvalue weighted by atomic mass is 10.3. The molecule has 0 radical (unpaired) electrons. The van der Waals surface area contributed by atoms with Crippen LogP contribution in [0.25, 0.3) is 0 Å². The highest BCUT2D eigenvalue weighted by Crippen LogP contribution is 2.15. The average Bonchev–Trinajstić information content (AvgIpc) is 2.21. The molecule has 0 unspecified atom stereocenters. The van der Waals surface area contributed by atoms with Crippen LogP contribution in [0.4, 0.5) is 14.5 Å². The van der Waals surface area contributed by atoms with Gasteiger partial charge in [-0.15, -0.1) is 0 Å². The molecule has 0 heterocycles. The minimum absolute atomic E-state index is 0.120. The molecule has 2 N–H and O–H groups in total. The highest BCUT2D eigenvalue weighted by molar-refractivity contribution is 5.41. The SMILES string of the molecule is C/C=C\C.Nc1ccc(OC(F)F)cc1. The highest BCUT2D eigenvalue weighted by atomic mass is 19.3. The first-order chi connectivity index (χ1) is 7.10. The molecule has 0 amide bonds. The summed E-state index contributed by atoms with van der Waals surface area (Å²) in [6.07, 6.45) is 4.00. The summed E-state index contributed by atoms with van der Waals surface area (Å²) < 4.78 is 27.2. The van der Waals surface area contributed by atoms with E-state index in [9.17, 15) is 8.78 Å². The molecular weight excluding hydrogens is 200 g/mol. The zero-order chi connectivity index (χ0) is 11.7. The second-order valence-corrected chi connectivity index (χ2v) is 2.61. The van der Waals surface area contributed by atoms with E-state index in [0.717, 1.165) is 0 Å². The Hall–Kier alpha value is -1.58. The summed E-state index contributed by atoms with van der Waals surface area (Å²) in [7, 11) is 0. The lowest BCUT2D eigenvalue weighted by Crippen LogP contribution is -2.01. The molecule has 0 aromatic heterocycles. The van der Waals surface area contributed by atoms with Crippen molar-refractivity contribution in [1.82, 2.24) is 0 Å². The average molecular weight is 215 g/mol. The third-order valence-corrected chi connectivity index (χ3v) is 1.44. The number of anilines is 1. The Kier molecular flexibility index (Phi) is 6.97. The normalized spacial score (nSPS) is 9.93. The van der Waals surface area contributed by atoms with Crippen LogP contribution in [0.5, 0.6) is 5.75 Å². The Balaban J connectivity index is 0.000000423. The number of nitrogens with two attached hydrogens (primary N) is 1. The smallest absolute Gasteiger partial charge is 0.387 e. The Morgan fingerprint density at radius 3 is 1.93 bits per heavy atom. The van der Waals surface area contributed by atoms with E-state index >= 15 is 0 Å². The van der Waals surface area contributed by atoms with Crippen LogP contribution in [0.3, 0.4) is 0 Å². The van der Waals surface area contributed by atoms with Crippen LogP contribution >= 0.6 is 0 Å². The molecule has 2 nitrogen and oxygen atoms in total. The van der Waals surface area contributed by atoms with Crippen molar-refractivity contribution in [1.29, 1.82) is 0 Å². The maximum absolute atomic E-state index is 11.6. The quantitative estimate of drug-likeness (QED) is 0.605. The van der Waals surface area contributed by atoms with E-state index in [1.54, 1.807) is 0 Å². The molecule has 0 aliphatic heterocycles.